The van der Waals surface area contributed by atoms with Crippen molar-refractivity contribution in [1.82, 2.24) is 19.7 Å². The molecular weight excluding hydrogens is 418 g/mol. The molecule has 3 N–H and O–H groups in total. The third kappa shape index (κ3) is 5.44. The van der Waals surface area contributed by atoms with E-state index in [1.165, 1.54) is 12.5 Å². The van der Waals surface area contributed by atoms with Gasteiger partial charge < -0.3 is 0 Å². The Morgan fingerprint density at radius 1 is 1.19 bits per heavy atom. The summed E-state index contributed by atoms with van der Waals surface area (Å²) in [6.45, 7) is 7.92. The van der Waals surface area contributed by atoms with E-state index in [4.69, 9.17) is 8.96 Å². The van der Waals surface area contributed by atoms with E-state index in [9.17, 15) is 9.00 Å². The summed E-state index contributed by atoms with van der Waals surface area (Å²) in [6, 6.07) is 9.36. The molecule has 2 heterocycles. The lowest BCUT2D eigenvalue weighted by Gasteiger charge is -2.14. The Balaban J connectivity index is 1.92. The summed E-state index contributed by atoms with van der Waals surface area (Å²) >= 11 is 0. The van der Waals surface area contributed by atoms with Crippen molar-refractivity contribution < 1.29 is 13.2 Å². The van der Waals surface area contributed by atoms with E-state index in [0.29, 0.717) is 17.3 Å². The molecule has 164 valence electrons. The molecule has 2 aromatic heterocycles. The van der Waals surface area contributed by atoms with Crippen molar-refractivity contribution in [2.24, 2.45) is 0 Å². The van der Waals surface area contributed by atoms with Gasteiger partial charge in [0.25, 0.3) is 0 Å². The number of hydrogen-bond acceptors (Lipinski definition) is 7. The van der Waals surface area contributed by atoms with E-state index in [0.717, 1.165) is 5.69 Å². The maximum absolute atomic E-state index is 12.5. The summed E-state index contributed by atoms with van der Waals surface area (Å²) in [6.07, 6.45) is 2.87. The van der Waals surface area contributed by atoms with Crippen LogP contribution in [0.25, 0.3) is 5.69 Å². The number of urea groups is 1. The molecule has 0 radical (unpaired) electrons. The van der Waals surface area contributed by atoms with Crippen molar-refractivity contribution in [3.05, 3.63) is 54.6 Å². The Labute approximate surface area is 181 Å². The van der Waals surface area contributed by atoms with E-state index in [1.54, 1.807) is 48.0 Å². The SMILES string of the molecule is CCOS(=N)(=O)c1ccc(-n2nc(C(C)(C)C)cc2NC(=O)Nc2ccncn2)cc1. The van der Waals surface area contributed by atoms with Gasteiger partial charge in [0.05, 0.1) is 22.9 Å². The maximum atomic E-state index is 12.5. The summed E-state index contributed by atoms with van der Waals surface area (Å²) in [5.41, 5.74) is 1.14. The Kier molecular flexibility index (Phi) is 6.37. The van der Waals surface area contributed by atoms with Gasteiger partial charge in [-0.25, -0.2) is 28.4 Å². The molecule has 0 aliphatic carbocycles. The zero-order valence-electron chi connectivity index (χ0n) is 17.7. The van der Waals surface area contributed by atoms with Gasteiger partial charge in [0.2, 0.25) is 0 Å². The predicted octanol–water partition coefficient (Wildman–Crippen LogP) is 3.96. The van der Waals surface area contributed by atoms with Crippen LogP contribution < -0.4 is 10.6 Å². The molecule has 0 fully saturated rings. The van der Waals surface area contributed by atoms with Crippen LogP contribution in [0.1, 0.15) is 33.4 Å². The van der Waals surface area contributed by atoms with E-state index in [1.807, 2.05) is 20.8 Å². The van der Waals surface area contributed by atoms with Crippen LogP contribution in [0.15, 0.2) is 53.8 Å². The highest BCUT2D eigenvalue weighted by atomic mass is 32.2. The molecule has 0 bridgehead atoms. The number of benzene rings is 1. The third-order valence-corrected chi connectivity index (χ3v) is 5.68. The van der Waals surface area contributed by atoms with Crippen LogP contribution in [0.2, 0.25) is 0 Å². The highest BCUT2D eigenvalue weighted by molar-refractivity contribution is 7.87. The normalized spacial score (nSPS) is 13.4. The Morgan fingerprint density at radius 3 is 2.48 bits per heavy atom. The Hall–Kier alpha value is -3.31. The molecule has 3 aromatic rings. The van der Waals surface area contributed by atoms with Crippen LogP contribution in [0.5, 0.6) is 0 Å². The summed E-state index contributed by atoms with van der Waals surface area (Å²) in [4.78, 5) is 20.5. The van der Waals surface area contributed by atoms with Crippen LogP contribution in [-0.4, -0.2) is 36.6 Å². The van der Waals surface area contributed by atoms with E-state index in [-0.39, 0.29) is 16.9 Å². The fourth-order valence-corrected chi connectivity index (χ4v) is 3.62. The van der Waals surface area contributed by atoms with E-state index < -0.39 is 16.0 Å². The number of anilines is 2. The summed E-state index contributed by atoms with van der Waals surface area (Å²) < 4.78 is 26.8. The van der Waals surface area contributed by atoms with Crippen molar-refractivity contribution in [3.63, 3.8) is 0 Å². The Bertz CT molecular complexity index is 1150. The van der Waals surface area contributed by atoms with Crippen molar-refractivity contribution in [3.8, 4) is 5.69 Å². The van der Waals surface area contributed by atoms with Gasteiger partial charge in [-0.2, -0.15) is 5.10 Å². The lowest BCUT2D eigenvalue weighted by atomic mass is 9.92. The number of rotatable bonds is 6. The van der Waals surface area contributed by atoms with E-state index in [2.05, 4.69) is 25.7 Å². The minimum Gasteiger partial charge on any atom is -0.292 e. The zero-order chi connectivity index (χ0) is 22.6. The summed E-state index contributed by atoms with van der Waals surface area (Å²) in [5, 5.41) is 10.1. The third-order valence-electron chi connectivity index (χ3n) is 4.22. The molecule has 3 rings (SSSR count). The van der Waals surface area contributed by atoms with Crippen LogP contribution in [-0.2, 0) is 19.6 Å². The summed E-state index contributed by atoms with van der Waals surface area (Å²) in [5.74, 6) is 0.806. The van der Waals surface area contributed by atoms with Crippen LogP contribution in [0.3, 0.4) is 0 Å². The molecule has 0 saturated carbocycles. The second-order valence-electron chi connectivity index (χ2n) is 7.65. The average Bonchev–Trinajstić information content (AvgIpc) is 3.13. The smallest absolute Gasteiger partial charge is 0.292 e. The molecule has 1 atom stereocenters. The first-order valence-electron chi connectivity index (χ1n) is 9.58. The first-order valence-corrected chi connectivity index (χ1v) is 11.1. The van der Waals surface area contributed by atoms with Gasteiger partial charge in [-0.05, 0) is 37.3 Å². The second kappa shape index (κ2) is 8.82. The first kappa shape index (κ1) is 22.4. The van der Waals surface area contributed by atoms with Gasteiger partial charge in [0.15, 0.2) is 10.0 Å². The van der Waals surface area contributed by atoms with Gasteiger partial charge in [-0.1, -0.05) is 20.8 Å². The minimum atomic E-state index is -3.31. The highest BCUT2D eigenvalue weighted by Gasteiger charge is 2.22. The zero-order valence-corrected chi connectivity index (χ0v) is 18.6. The summed E-state index contributed by atoms with van der Waals surface area (Å²) in [7, 11) is -3.31. The number of nitrogens with zero attached hydrogens (tertiary/aromatic N) is 4. The minimum absolute atomic E-state index is 0.174. The fraction of sp³-hybridized carbons (Fsp3) is 0.300. The predicted molar refractivity (Wildman–Crippen MR) is 118 cm³/mol. The number of amides is 2. The largest absolute Gasteiger partial charge is 0.326 e. The molecule has 0 spiro atoms. The number of carbonyl (C=O) groups is 1. The van der Waals surface area contributed by atoms with Crippen molar-refractivity contribution in [1.29, 1.82) is 4.78 Å². The van der Waals surface area contributed by atoms with Gasteiger partial charge in [0.1, 0.15) is 18.0 Å². The number of nitrogens with one attached hydrogen (secondary N) is 3. The Morgan fingerprint density at radius 2 is 1.90 bits per heavy atom. The quantitative estimate of drug-likeness (QED) is 0.528. The molecule has 0 aliphatic rings. The first-order chi connectivity index (χ1) is 14.6. The standard InChI is InChI=1S/C20H25N7O3S/c1-5-30-31(21,29)15-8-6-14(7-9-15)27-18(12-16(26-27)20(2,3)4)25-19(28)24-17-10-11-22-13-23-17/h6-13,21H,5H2,1-4H3,(H2,22,23,24,25,28). The van der Waals surface area contributed by atoms with Gasteiger partial charge in [-0.15, -0.1) is 0 Å². The second-order valence-corrected chi connectivity index (χ2v) is 9.37. The lowest BCUT2D eigenvalue weighted by Crippen LogP contribution is -2.21. The highest BCUT2D eigenvalue weighted by Crippen LogP contribution is 2.27. The fourth-order valence-electron chi connectivity index (χ4n) is 2.66. The van der Waals surface area contributed by atoms with Gasteiger partial charge in [0, 0.05) is 17.7 Å². The molecule has 0 aliphatic heterocycles. The van der Waals surface area contributed by atoms with Gasteiger partial charge in [-0.3, -0.25) is 14.8 Å². The number of hydrogen-bond donors (Lipinski definition) is 3. The number of aromatic nitrogens is 4. The van der Waals surface area contributed by atoms with Crippen molar-refractivity contribution in [2.75, 3.05) is 17.2 Å². The average molecular weight is 444 g/mol. The molecule has 11 heteroatoms. The van der Waals surface area contributed by atoms with Crippen molar-refractivity contribution in [2.45, 2.75) is 38.0 Å². The molecular formula is C20H25N7O3S. The molecule has 10 nitrogen and oxygen atoms in total. The topological polar surface area (TPSA) is 135 Å². The molecule has 1 aromatic carbocycles. The molecule has 1 unspecified atom stereocenters. The lowest BCUT2D eigenvalue weighted by molar-refractivity contribution is 0.262. The van der Waals surface area contributed by atoms with Gasteiger partial charge >= 0.3 is 6.03 Å². The van der Waals surface area contributed by atoms with Crippen LogP contribution >= 0.6 is 0 Å². The molecule has 31 heavy (non-hydrogen) atoms. The number of carbonyl (C=O) groups excluding carboxylic acids is 1. The van der Waals surface area contributed by atoms with E-state index >= 15 is 0 Å². The monoisotopic (exact) mass is 443 g/mol. The van der Waals surface area contributed by atoms with Crippen LogP contribution in [0.4, 0.5) is 16.4 Å². The van der Waals surface area contributed by atoms with Crippen molar-refractivity contribution >= 4 is 27.7 Å². The molecule has 2 amide bonds. The molecule has 0 saturated heterocycles. The van der Waals surface area contributed by atoms with Crippen LogP contribution in [0, 0.1) is 4.78 Å². The maximum Gasteiger partial charge on any atom is 0.326 e.